The Labute approximate surface area is 117 Å². The van der Waals surface area contributed by atoms with E-state index in [0.717, 1.165) is 20.7 Å². The van der Waals surface area contributed by atoms with Gasteiger partial charge in [0.25, 0.3) is 0 Å². The zero-order chi connectivity index (χ0) is 12.4. The quantitative estimate of drug-likeness (QED) is 0.916. The molecule has 1 N–H and O–H groups in total. The van der Waals surface area contributed by atoms with Gasteiger partial charge in [0.05, 0.1) is 21.8 Å². The highest BCUT2D eigenvalue weighted by Gasteiger charge is 2.11. The lowest BCUT2D eigenvalue weighted by Crippen LogP contribution is -2.02. The van der Waals surface area contributed by atoms with Gasteiger partial charge in [-0.25, -0.2) is 4.98 Å². The van der Waals surface area contributed by atoms with E-state index in [0.29, 0.717) is 11.4 Å². The van der Waals surface area contributed by atoms with Crippen LogP contribution < -0.4 is 0 Å². The molecule has 5 heteroatoms. The molecule has 1 unspecified atom stereocenters. The third-order valence-corrected chi connectivity index (χ3v) is 4.43. The minimum absolute atomic E-state index is 0.526. The SMILES string of the molecule is Cc1nc(CC(O)c2ccc(Cl)c(Br)c2)cs1. The molecular formula is C12H11BrClNOS. The summed E-state index contributed by atoms with van der Waals surface area (Å²) >= 11 is 10.9. The summed E-state index contributed by atoms with van der Waals surface area (Å²) in [4.78, 5) is 4.34. The fourth-order valence-electron chi connectivity index (χ4n) is 1.54. The molecule has 2 aromatic rings. The lowest BCUT2D eigenvalue weighted by molar-refractivity contribution is 0.177. The van der Waals surface area contributed by atoms with E-state index >= 15 is 0 Å². The molecule has 1 aromatic heterocycles. The Balaban J connectivity index is 2.14. The van der Waals surface area contributed by atoms with Gasteiger partial charge in [0, 0.05) is 16.3 Å². The molecule has 0 amide bonds. The highest BCUT2D eigenvalue weighted by Crippen LogP contribution is 2.27. The molecule has 1 atom stereocenters. The first-order valence-corrected chi connectivity index (χ1v) is 7.15. The average molecular weight is 333 g/mol. The summed E-state index contributed by atoms with van der Waals surface area (Å²) < 4.78 is 0.796. The second kappa shape index (κ2) is 5.48. The summed E-state index contributed by atoms with van der Waals surface area (Å²) in [5.41, 5.74) is 1.76. The van der Waals surface area contributed by atoms with E-state index in [1.54, 1.807) is 17.4 Å². The van der Waals surface area contributed by atoms with Crippen molar-refractivity contribution in [2.45, 2.75) is 19.4 Å². The first-order chi connectivity index (χ1) is 8.06. The molecule has 0 saturated carbocycles. The molecule has 0 aliphatic carbocycles. The van der Waals surface area contributed by atoms with Crippen molar-refractivity contribution >= 4 is 38.9 Å². The maximum absolute atomic E-state index is 10.1. The molecule has 0 aliphatic heterocycles. The summed E-state index contributed by atoms with van der Waals surface area (Å²) in [6.07, 6.45) is -0.0247. The molecule has 90 valence electrons. The number of hydrogen-bond donors (Lipinski definition) is 1. The molecule has 2 rings (SSSR count). The predicted octanol–water partition coefficient (Wildman–Crippen LogP) is 4.14. The van der Waals surface area contributed by atoms with Gasteiger partial charge in [-0.3, -0.25) is 0 Å². The number of benzene rings is 1. The van der Waals surface area contributed by atoms with Gasteiger partial charge in [0.2, 0.25) is 0 Å². The highest BCUT2D eigenvalue weighted by atomic mass is 79.9. The number of halogens is 2. The van der Waals surface area contributed by atoms with Crippen LogP contribution in [0.2, 0.25) is 5.02 Å². The van der Waals surface area contributed by atoms with Crippen LogP contribution >= 0.6 is 38.9 Å². The van der Waals surface area contributed by atoms with Crippen LogP contribution in [0.3, 0.4) is 0 Å². The molecule has 0 aliphatic rings. The lowest BCUT2D eigenvalue weighted by atomic mass is 10.1. The Hall–Kier alpha value is -0.420. The Morgan fingerprint density at radius 1 is 1.53 bits per heavy atom. The van der Waals surface area contributed by atoms with E-state index in [9.17, 15) is 5.11 Å². The third-order valence-electron chi connectivity index (χ3n) is 2.40. The first kappa shape index (κ1) is 13.0. The van der Waals surface area contributed by atoms with Gasteiger partial charge in [0.1, 0.15) is 0 Å². The second-order valence-electron chi connectivity index (χ2n) is 3.75. The molecule has 2 nitrogen and oxygen atoms in total. The van der Waals surface area contributed by atoms with E-state index in [2.05, 4.69) is 20.9 Å². The summed E-state index contributed by atoms with van der Waals surface area (Å²) in [5.74, 6) is 0. The number of nitrogens with zero attached hydrogens (tertiary/aromatic N) is 1. The van der Waals surface area contributed by atoms with Gasteiger partial charge in [-0.15, -0.1) is 11.3 Å². The maximum Gasteiger partial charge on any atom is 0.0897 e. The monoisotopic (exact) mass is 331 g/mol. The smallest absolute Gasteiger partial charge is 0.0897 e. The number of rotatable bonds is 3. The van der Waals surface area contributed by atoms with Crippen LogP contribution in [-0.2, 0) is 6.42 Å². The fraction of sp³-hybridized carbons (Fsp3) is 0.250. The number of aliphatic hydroxyl groups is 1. The Morgan fingerprint density at radius 3 is 2.88 bits per heavy atom. The summed E-state index contributed by atoms with van der Waals surface area (Å²) in [7, 11) is 0. The summed E-state index contributed by atoms with van der Waals surface area (Å²) in [6, 6.07) is 5.44. The Morgan fingerprint density at radius 2 is 2.29 bits per heavy atom. The third kappa shape index (κ3) is 3.28. The van der Waals surface area contributed by atoms with Crippen molar-refractivity contribution in [3.05, 3.63) is 49.3 Å². The molecule has 0 radical (unpaired) electrons. The van der Waals surface area contributed by atoms with Crippen LogP contribution in [-0.4, -0.2) is 10.1 Å². The van der Waals surface area contributed by atoms with Gasteiger partial charge in [-0.05, 0) is 40.5 Å². The van der Waals surface area contributed by atoms with E-state index in [-0.39, 0.29) is 0 Å². The van der Waals surface area contributed by atoms with Gasteiger partial charge in [-0.2, -0.15) is 0 Å². The minimum atomic E-state index is -0.551. The maximum atomic E-state index is 10.1. The van der Waals surface area contributed by atoms with Crippen molar-refractivity contribution in [3.8, 4) is 0 Å². The standard InChI is InChI=1S/C12H11BrClNOS/c1-7-15-9(6-17-7)5-12(16)8-2-3-11(14)10(13)4-8/h2-4,6,12,16H,5H2,1H3. The molecular weight excluding hydrogens is 322 g/mol. The van der Waals surface area contributed by atoms with Crippen molar-refractivity contribution in [3.63, 3.8) is 0 Å². The molecule has 1 heterocycles. The van der Waals surface area contributed by atoms with Crippen LogP contribution in [0.1, 0.15) is 22.4 Å². The Kier molecular flexibility index (Phi) is 4.20. The van der Waals surface area contributed by atoms with Crippen molar-refractivity contribution in [1.29, 1.82) is 0 Å². The molecule has 17 heavy (non-hydrogen) atoms. The van der Waals surface area contributed by atoms with Gasteiger partial charge in [-0.1, -0.05) is 17.7 Å². The zero-order valence-corrected chi connectivity index (χ0v) is 12.3. The van der Waals surface area contributed by atoms with Gasteiger partial charge in [0.15, 0.2) is 0 Å². The van der Waals surface area contributed by atoms with Crippen LogP contribution in [0.15, 0.2) is 28.1 Å². The number of thiazole rings is 1. The zero-order valence-electron chi connectivity index (χ0n) is 9.15. The van der Waals surface area contributed by atoms with E-state index in [1.165, 1.54) is 0 Å². The van der Waals surface area contributed by atoms with Crippen LogP contribution in [0.25, 0.3) is 0 Å². The fourth-order valence-corrected chi connectivity index (χ4v) is 2.68. The van der Waals surface area contributed by atoms with Gasteiger partial charge >= 0.3 is 0 Å². The normalized spacial score (nSPS) is 12.7. The highest BCUT2D eigenvalue weighted by molar-refractivity contribution is 9.10. The van der Waals surface area contributed by atoms with E-state index in [4.69, 9.17) is 11.6 Å². The van der Waals surface area contributed by atoms with Gasteiger partial charge < -0.3 is 5.11 Å². The van der Waals surface area contributed by atoms with Crippen molar-refractivity contribution in [1.82, 2.24) is 4.98 Å². The topological polar surface area (TPSA) is 33.1 Å². The van der Waals surface area contributed by atoms with Crippen LogP contribution in [0.4, 0.5) is 0 Å². The minimum Gasteiger partial charge on any atom is -0.388 e. The molecule has 0 bridgehead atoms. The van der Waals surface area contributed by atoms with Crippen LogP contribution in [0, 0.1) is 6.92 Å². The van der Waals surface area contributed by atoms with E-state index in [1.807, 2.05) is 24.4 Å². The largest absolute Gasteiger partial charge is 0.388 e. The van der Waals surface area contributed by atoms with Crippen molar-refractivity contribution in [2.24, 2.45) is 0 Å². The number of hydrogen-bond acceptors (Lipinski definition) is 3. The summed E-state index contributed by atoms with van der Waals surface area (Å²) in [5, 5.41) is 13.7. The second-order valence-corrected chi connectivity index (χ2v) is 6.08. The first-order valence-electron chi connectivity index (χ1n) is 5.10. The Bertz CT molecular complexity index is 529. The number of aromatic nitrogens is 1. The lowest BCUT2D eigenvalue weighted by Gasteiger charge is -2.10. The molecule has 0 spiro atoms. The van der Waals surface area contributed by atoms with Crippen LogP contribution in [0.5, 0.6) is 0 Å². The molecule has 0 fully saturated rings. The van der Waals surface area contributed by atoms with E-state index < -0.39 is 6.10 Å². The molecule has 1 aromatic carbocycles. The van der Waals surface area contributed by atoms with Crippen molar-refractivity contribution < 1.29 is 5.11 Å². The summed E-state index contributed by atoms with van der Waals surface area (Å²) in [6.45, 7) is 1.96. The number of aliphatic hydroxyl groups excluding tert-OH is 1. The molecule has 0 saturated heterocycles. The average Bonchev–Trinajstić information content (AvgIpc) is 2.68. The van der Waals surface area contributed by atoms with Crippen molar-refractivity contribution in [2.75, 3.05) is 0 Å². The predicted molar refractivity (Wildman–Crippen MR) is 74.7 cm³/mol. The number of aryl methyl sites for hydroxylation is 1.